The summed E-state index contributed by atoms with van der Waals surface area (Å²) in [6.45, 7) is 20.2. The Balaban J connectivity index is -0.0000000185. The Morgan fingerprint density at radius 2 is 0.450 bits per heavy atom. The fourth-order valence-corrected chi connectivity index (χ4v) is 1.34. The minimum Gasteiger partial charge on any atom is -0.304 e. The summed E-state index contributed by atoms with van der Waals surface area (Å²) < 4.78 is 0. The van der Waals surface area contributed by atoms with Crippen molar-refractivity contribution in [3.05, 3.63) is 0 Å². The second-order valence-corrected chi connectivity index (χ2v) is 3.24. The van der Waals surface area contributed by atoms with Crippen molar-refractivity contribution >= 4 is 0 Å². The van der Waals surface area contributed by atoms with Crippen LogP contribution in [0.1, 0.15) is 86.1 Å². The first-order valence-corrected chi connectivity index (χ1v) is 6.14. The average Bonchev–Trinajstić information content (AvgIpc) is 2.24. The van der Waals surface area contributed by atoms with Gasteiger partial charge in [0, 0.05) is 0 Å². The van der Waals surface area contributed by atoms with Gasteiger partial charge in [0.25, 0.3) is 0 Å². The van der Waals surface area contributed by atoms with Gasteiger partial charge in [0.15, 0.2) is 0 Å². The Morgan fingerprint density at radius 3 is 0.450 bits per heavy atom. The quantitative estimate of drug-likeness (QED) is 0.551. The van der Waals surface area contributed by atoms with Crippen LogP contribution in [0.4, 0.5) is 0 Å². The van der Waals surface area contributed by atoms with E-state index >= 15 is 0 Å². The lowest BCUT2D eigenvalue weighted by atomic mass is 10.5. The minimum atomic E-state index is 0. The summed E-state index contributed by atoms with van der Waals surface area (Å²) in [5.41, 5.74) is 0. The topological polar surface area (TPSA) is 6.48 Å². The molecule has 136 valence electrons. The monoisotopic (exact) mass is 298 g/mol. The van der Waals surface area contributed by atoms with Gasteiger partial charge >= 0.3 is 0 Å². The largest absolute Gasteiger partial charge is 0.304 e. The molecule has 0 N–H and O–H groups in total. The maximum Gasteiger partial charge on any atom is -0.00474 e. The van der Waals surface area contributed by atoms with E-state index in [9.17, 15) is 0 Å². The molecule has 0 amide bonds. The third kappa shape index (κ3) is 36.1. The molecule has 2 nitrogen and oxygen atoms in total. The molecule has 0 rings (SSSR count). The maximum atomic E-state index is 2.38. The lowest BCUT2D eigenvalue weighted by Gasteiger charge is -2.13. The molecule has 0 bridgehead atoms. The average molecular weight is 299 g/mol. The number of hydrogen-bond acceptors (Lipinski definition) is 2. The third-order valence-corrected chi connectivity index (χ3v) is 2.68. The van der Waals surface area contributed by atoms with Crippen molar-refractivity contribution in [2.75, 3.05) is 39.3 Å². The summed E-state index contributed by atoms with van der Waals surface area (Å²) in [4.78, 5) is 4.75. The fraction of sp³-hybridized carbons (Fsp3) is 1.00. The zero-order valence-electron chi connectivity index (χ0n) is 11.1. The van der Waals surface area contributed by atoms with Crippen LogP contribution < -0.4 is 0 Å². The van der Waals surface area contributed by atoms with Gasteiger partial charge in [0.2, 0.25) is 0 Å². The maximum absolute atomic E-state index is 2.38. The Bertz CT molecular complexity index is 64.4. The van der Waals surface area contributed by atoms with E-state index in [2.05, 4.69) is 51.3 Å². The molecular formula is C18H54N2. The van der Waals surface area contributed by atoms with Crippen LogP contribution >= 0.6 is 0 Å². The normalized spacial score (nSPS) is 7.20. The molecule has 0 heterocycles. The van der Waals surface area contributed by atoms with Crippen LogP contribution in [-0.2, 0) is 0 Å². The predicted octanol–water partition coefficient (Wildman–Crippen LogP) is 6.51. The molecule has 0 fully saturated rings. The van der Waals surface area contributed by atoms with Crippen LogP contribution in [0.3, 0.4) is 0 Å². The molecule has 0 aromatic carbocycles. The zero-order chi connectivity index (χ0) is 11.4. The molecule has 20 heavy (non-hydrogen) atoms. The Morgan fingerprint density at radius 1 is 0.350 bits per heavy atom. The van der Waals surface area contributed by atoms with Crippen LogP contribution in [0.25, 0.3) is 0 Å². The molecule has 0 aromatic heterocycles. The molecular weight excluding hydrogens is 244 g/mol. The first-order chi connectivity index (χ1) is 6.69. The van der Waals surface area contributed by atoms with E-state index in [1.807, 2.05) is 0 Å². The first-order valence-electron chi connectivity index (χ1n) is 6.14. The molecule has 0 atom stereocenters. The molecule has 0 radical (unpaired) electrons. The Kier molecular flexibility index (Phi) is 107. The first kappa shape index (κ1) is 50.2. The van der Waals surface area contributed by atoms with Crippen LogP contribution in [0, 0.1) is 0 Å². The summed E-state index contributed by atoms with van der Waals surface area (Å²) in [7, 11) is 0. The number of hydrogen-bond donors (Lipinski definition) is 0. The van der Waals surface area contributed by atoms with Gasteiger partial charge in [-0.2, -0.15) is 0 Å². The van der Waals surface area contributed by atoms with Gasteiger partial charge < -0.3 is 9.80 Å². The van der Waals surface area contributed by atoms with Gasteiger partial charge in [-0.05, 0) is 39.3 Å². The van der Waals surface area contributed by atoms with E-state index < -0.39 is 0 Å². The Hall–Kier alpha value is -0.0800. The van der Waals surface area contributed by atoms with Gasteiger partial charge in [-0.25, -0.2) is 0 Å². The molecule has 0 aliphatic heterocycles. The molecule has 0 saturated carbocycles. The summed E-state index contributed by atoms with van der Waals surface area (Å²) in [6, 6.07) is 0. The van der Waals surface area contributed by atoms with Crippen LogP contribution in [0.15, 0.2) is 0 Å². The van der Waals surface area contributed by atoms with Crippen molar-refractivity contribution in [1.29, 1.82) is 0 Å². The van der Waals surface area contributed by atoms with Crippen molar-refractivity contribution < 1.29 is 0 Å². The molecule has 0 spiro atoms. The minimum absolute atomic E-state index is 0. The third-order valence-electron chi connectivity index (χ3n) is 2.68. The summed E-state index contributed by atoms with van der Waals surface area (Å²) in [5.74, 6) is 0. The standard InChI is InChI=1S/2C6H15N.6CH4/c2*1-4-7(5-2)6-3;;;;;;/h2*4-6H2,1-3H3;6*1H4. The van der Waals surface area contributed by atoms with Crippen molar-refractivity contribution in [2.24, 2.45) is 0 Å². The van der Waals surface area contributed by atoms with Crippen LogP contribution in [0.2, 0.25) is 0 Å². The number of nitrogens with zero attached hydrogens (tertiary/aromatic N) is 2. The molecule has 2 heteroatoms. The van der Waals surface area contributed by atoms with Crippen molar-refractivity contribution in [1.82, 2.24) is 9.80 Å². The molecule has 0 aromatic rings. The van der Waals surface area contributed by atoms with Gasteiger partial charge in [-0.3, -0.25) is 0 Å². The van der Waals surface area contributed by atoms with Crippen molar-refractivity contribution in [3.8, 4) is 0 Å². The molecule has 0 aliphatic carbocycles. The highest BCUT2D eigenvalue weighted by atomic mass is 15.1. The van der Waals surface area contributed by atoms with Gasteiger partial charge in [-0.15, -0.1) is 0 Å². The fourth-order valence-electron chi connectivity index (χ4n) is 1.34. The summed E-state index contributed by atoms with van der Waals surface area (Å²) >= 11 is 0. The van der Waals surface area contributed by atoms with E-state index in [-0.39, 0.29) is 44.6 Å². The van der Waals surface area contributed by atoms with E-state index in [1.165, 1.54) is 39.3 Å². The molecule has 0 aliphatic rings. The molecule has 0 saturated heterocycles. The second kappa shape index (κ2) is 42.8. The zero-order valence-corrected chi connectivity index (χ0v) is 11.1. The smallest absolute Gasteiger partial charge is 0.00474 e. The van der Waals surface area contributed by atoms with E-state index in [1.54, 1.807) is 0 Å². The molecule has 0 unspecified atom stereocenters. The van der Waals surface area contributed by atoms with E-state index in [4.69, 9.17) is 0 Å². The second-order valence-electron chi connectivity index (χ2n) is 3.24. The van der Waals surface area contributed by atoms with Gasteiger partial charge in [-0.1, -0.05) is 86.1 Å². The number of rotatable bonds is 6. The lowest BCUT2D eigenvalue weighted by Crippen LogP contribution is -2.21. The van der Waals surface area contributed by atoms with E-state index in [0.29, 0.717) is 0 Å². The van der Waals surface area contributed by atoms with Crippen LogP contribution in [0.5, 0.6) is 0 Å². The van der Waals surface area contributed by atoms with Crippen LogP contribution in [-0.4, -0.2) is 49.1 Å². The predicted molar refractivity (Wildman–Crippen MR) is 107 cm³/mol. The van der Waals surface area contributed by atoms with Gasteiger partial charge in [0.05, 0.1) is 0 Å². The highest BCUT2D eigenvalue weighted by Crippen LogP contribution is 1.82. The summed E-state index contributed by atoms with van der Waals surface area (Å²) in [6.07, 6.45) is 0. The Labute approximate surface area is 136 Å². The lowest BCUT2D eigenvalue weighted by molar-refractivity contribution is 0.321. The van der Waals surface area contributed by atoms with Crippen molar-refractivity contribution in [3.63, 3.8) is 0 Å². The highest BCUT2D eigenvalue weighted by molar-refractivity contribution is 4.44. The van der Waals surface area contributed by atoms with E-state index in [0.717, 1.165) is 0 Å². The highest BCUT2D eigenvalue weighted by Gasteiger charge is 1.89. The van der Waals surface area contributed by atoms with Crippen molar-refractivity contribution in [2.45, 2.75) is 86.1 Å². The SMILES string of the molecule is C.C.C.C.C.C.CCN(CC)CC.CCN(CC)CC. The summed E-state index contributed by atoms with van der Waals surface area (Å²) in [5, 5.41) is 0. The van der Waals surface area contributed by atoms with Gasteiger partial charge in [0.1, 0.15) is 0 Å².